The first-order valence-electron chi connectivity index (χ1n) is 4.53. The number of nitrogen functional groups attached to an aromatic ring is 1. The Morgan fingerprint density at radius 1 is 1.44 bits per heavy atom. The summed E-state index contributed by atoms with van der Waals surface area (Å²) in [5.41, 5.74) is 2.50. The van der Waals surface area contributed by atoms with E-state index in [1.165, 1.54) is 11.8 Å². The zero-order valence-electron chi connectivity index (χ0n) is 8.88. The normalized spacial score (nSPS) is 10.4. The van der Waals surface area contributed by atoms with Crippen molar-refractivity contribution in [2.24, 2.45) is 12.9 Å². The van der Waals surface area contributed by atoms with Crippen molar-refractivity contribution in [1.82, 2.24) is 24.7 Å². The first kappa shape index (κ1) is 10.8. The number of aromatic nitrogens is 5. The molecule has 2 heterocycles. The van der Waals surface area contributed by atoms with Crippen LogP contribution in [0.4, 0.5) is 5.82 Å². The minimum Gasteiger partial charge on any atom is -0.311 e. The van der Waals surface area contributed by atoms with Crippen molar-refractivity contribution in [1.29, 1.82) is 0 Å². The Kier molecular flexibility index (Phi) is 3.02. The summed E-state index contributed by atoms with van der Waals surface area (Å²) in [6.45, 7) is 1.81. The quantitative estimate of drug-likeness (QED) is 0.452. The molecule has 0 aliphatic rings. The van der Waals surface area contributed by atoms with Crippen LogP contribution in [0.15, 0.2) is 22.6 Å². The summed E-state index contributed by atoms with van der Waals surface area (Å²) in [6.07, 6.45) is 1.64. The fraction of sp³-hybridized carbons (Fsp3) is 0.250. The number of hydrogen-bond acceptors (Lipinski definition) is 7. The van der Waals surface area contributed by atoms with Crippen LogP contribution in [0.25, 0.3) is 0 Å². The topological polar surface area (TPSA) is 94.5 Å². The molecular weight excluding hydrogens is 226 g/mol. The lowest BCUT2D eigenvalue weighted by molar-refractivity contribution is 0.786. The second kappa shape index (κ2) is 4.45. The molecule has 0 radical (unpaired) electrons. The van der Waals surface area contributed by atoms with Crippen LogP contribution in [0.2, 0.25) is 0 Å². The Morgan fingerprint density at radius 3 is 2.88 bits per heavy atom. The number of hydrazine groups is 1. The molecule has 0 aliphatic carbocycles. The lowest BCUT2D eigenvalue weighted by Gasteiger charge is -2.04. The molecule has 3 N–H and O–H groups in total. The van der Waals surface area contributed by atoms with E-state index in [9.17, 15) is 0 Å². The van der Waals surface area contributed by atoms with Crippen molar-refractivity contribution >= 4 is 17.6 Å². The van der Waals surface area contributed by atoms with Gasteiger partial charge in [-0.05, 0) is 18.7 Å². The molecule has 0 bridgehead atoms. The summed E-state index contributed by atoms with van der Waals surface area (Å²) in [5, 5.41) is 9.29. The van der Waals surface area contributed by atoms with Crippen molar-refractivity contribution < 1.29 is 0 Å². The average Bonchev–Trinajstić information content (AvgIpc) is 2.63. The molecule has 84 valence electrons. The number of nitrogens with zero attached hydrogens (tertiary/aromatic N) is 5. The minimum absolute atomic E-state index is 0.581. The van der Waals surface area contributed by atoms with Crippen LogP contribution in [0, 0.1) is 6.92 Å². The number of aryl methyl sites for hydroxylation is 2. The predicted molar refractivity (Wildman–Crippen MR) is 59.7 cm³/mol. The summed E-state index contributed by atoms with van der Waals surface area (Å²) in [4.78, 5) is 8.37. The fourth-order valence-electron chi connectivity index (χ4n) is 1.13. The molecule has 8 heteroatoms. The van der Waals surface area contributed by atoms with Crippen LogP contribution in [0.3, 0.4) is 0 Å². The van der Waals surface area contributed by atoms with Gasteiger partial charge in [0.15, 0.2) is 5.16 Å². The van der Waals surface area contributed by atoms with Gasteiger partial charge in [0.25, 0.3) is 0 Å². The van der Waals surface area contributed by atoms with Gasteiger partial charge in [0.1, 0.15) is 23.0 Å². The van der Waals surface area contributed by atoms with Gasteiger partial charge in [0, 0.05) is 13.1 Å². The Labute approximate surface area is 96.5 Å². The van der Waals surface area contributed by atoms with Crippen LogP contribution in [-0.4, -0.2) is 24.7 Å². The van der Waals surface area contributed by atoms with E-state index in [4.69, 9.17) is 5.84 Å². The lowest BCUT2D eigenvalue weighted by atomic mass is 10.5. The van der Waals surface area contributed by atoms with Crippen molar-refractivity contribution in [2.45, 2.75) is 17.1 Å². The Hall–Kier alpha value is -1.67. The van der Waals surface area contributed by atoms with Crippen molar-refractivity contribution in [3.63, 3.8) is 0 Å². The van der Waals surface area contributed by atoms with Crippen LogP contribution in [0.1, 0.15) is 5.82 Å². The summed E-state index contributed by atoms with van der Waals surface area (Å²) in [5.74, 6) is 6.54. The zero-order valence-corrected chi connectivity index (χ0v) is 9.69. The smallest absolute Gasteiger partial charge is 0.197 e. The van der Waals surface area contributed by atoms with Gasteiger partial charge in [-0.3, -0.25) is 0 Å². The molecule has 0 aromatic carbocycles. The number of anilines is 1. The summed E-state index contributed by atoms with van der Waals surface area (Å²) in [7, 11) is 1.87. The van der Waals surface area contributed by atoms with E-state index in [0.29, 0.717) is 11.6 Å². The van der Waals surface area contributed by atoms with E-state index in [-0.39, 0.29) is 0 Å². The predicted octanol–water partition coefficient (Wildman–Crippen LogP) is 0.350. The lowest BCUT2D eigenvalue weighted by Crippen LogP contribution is -2.09. The van der Waals surface area contributed by atoms with Gasteiger partial charge in [0.05, 0.1) is 0 Å². The monoisotopic (exact) mass is 237 g/mol. The fourth-order valence-corrected chi connectivity index (χ4v) is 1.94. The molecule has 2 rings (SSSR count). The van der Waals surface area contributed by atoms with Gasteiger partial charge in [-0.25, -0.2) is 15.8 Å². The number of nitrogens with one attached hydrogen (secondary N) is 1. The van der Waals surface area contributed by atoms with Gasteiger partial charge in [0.2, 0.25) is 0 Å². The average molecular weight is 237 g/mol. The Bertz CT molecular complexity index is 495. The third-order valence-electron chi connectivity index (χ3n) is 1.83. The summed E-state index contributed by atoms with van der Waals surface area (Å²) < 4.78 is 1.82. The maximum atomic E-state index is 5.31. The zero-order chi connectivity index (χ0) is 11.5. The van der Waals surface area contributed by atoms with E-state index < -0.39 is 0 Å². The second-order valence-electron chi connectivity index (χ2n) is 3.11. The third-order valence-corrected chi connectivity index (χ3v) is 2.80. The van der Waals surface area contributed by atoms with E-state index in [1.54, 1.807) is 12.4 Å². The first-order valence-corrected chi connectivity index (χ1v) is 5.35. The van der Waals surface area contributed by atoms with Crippen molar-refractivity contribution in [3.8, 4) is 0 Å². The molecular formula is C8H11N7S. The molecule has 0 saturated heterocycles. The van der Waals surface area contributed by atoms with Crippen molar-refractivity contribution in [2.75, 3.05) is 5.43 Å². The molecule has 16 heavy (non-hydrogen) atoms. The molecule has 0 spiro atoms. The highest BCUT2D eigenvalue weighted by Crippen LogP contribution is 2.24. The highest BCUT2D eigenvalue weighted by Gasteiger charge is 2.07. The molecule has 2 aromatic rings. The maximum absolute atomic E-state index is 5.31. The Balaban J connectivity index is 2.28. The Morgan fingerprint density at radius 2 is 2.25 bits per heavy atom. The third kappa shape index (κ3) is 2.28. The summed E-state index contributed by atoms with van der Waals surface area (Å²) >= 11 is 1.41. The second-order valence-corrected chi connectivity index (χ2v) is 4.10. The van der Waals surface area contributed by atoms with Crippen LogP contribution < -0.4 is 11.3 Å². The van der Waals surface area contributed by atoms with Gasteiger partial charge >= 0.3 is 0 Å². The van der Waals surface area contributed by atoms with Gasteiger partial charge in [-0.1, -0.05) is 0 Å². The van der Waals surface area contributed by atoms with Crippen molar-refractivity contribution in [3.05, 3.63) is 18.2 Å². The van der Waals surface area contributed by atoms with Gasteiger partial charge in [-0.15, -0.1) is 10.2 Å². The number of nitrogens with two attached hydrogens (primary N) is 1. The molecule has 2 aromatic heterocycles. The van der Waals surface area contributed by atoms with E-state index >= 15 is 0 Å². The van der Waals surface area contributed by atoms with Gasteiger partial charge < -0.3 is 9.99 Å². The highest BCUT2D eigenvalue weighted by molar-refractivity contribution is 7.99. The summed E-state index contributed by atoms with van der Waals surface area (Å²) in [6, 6.07) is 1.76. The van der Waals surface area contributed by atoms with E-state index in [0.717, 1.165) is 10.2 Å². The molecule has 0 saturated carbocycles. The SMILES string of the molecule is Cc1nc(NN)cc(Sc2nncn2C)n1. The van der Waals surface area contributed by atoms with Gasteiger partial charge in [-0.2, -0.15) is 0 Å². The standard InChI is InChI=1S/C8H11N7S/c1-5-11-6(13-9)3-7(12-5)16-8-14-10-4-15(8)2/h3-4H,9H2,1-2H3,(H,11,12,13). The highest BCUT2D eigenvalue weighted by atomic mass is 32.2. The molecule has 0 fully saturated rings. The van der Waals surface area contributed by atoms with E-state index in [2.05, 4.69) is 25.6 Å². The first-order chi connectivity index (χ1) is 7.69. The van der Waals surface area contributed by atoms with E-state index in [1.807, 2.05) is 18.5 Å². The number of rotatable bonds is 3. The molecule has 7 nitrogen and oxygen atoms in total. The van der Waals surface area contributed by atoms with Crippen LogP contribution in [-0.2, 0) is 7.05 Å². The maximum Gasteiger partial charge on any atom is 0.197 e. The minimum atomic E-state index is 0.581. The molecule has 0 unspecified atom stereocenters. The molecule has 0 aliphatic heterocycles. The number of hydrogen-bond donors (Lipinski definition) is 2. The molecule has 0 amide bonds. The largest absolute Gasteiger partial charge is 0.311 e. The van der Waals surface area contributed by atoms with Crippen LogP contribution in [0.5, 0.6) is 0 Å². The molecule has 0 atom stereocenters. The van der Waals surface area contributed by atoms with Crippen LogP contribution >= 0.6 is 11.8 Å².